The molecule has 0 aliphatic carbocycles. The van der Waals surface area contributed by atoms with Crippen LogP contribution in [0.25, 0.3) is 22.4 Å². The van der Waals surface area contributed by atoms with Crippen LogP contribution in [0.3, 0.4) is 0 Å². The maximum absolute atomic E-state index is 12.0. The number of nitrogens with zero attached hydrogens (tertiary/aromatic N) is 1. The van der Waals surface area contributed by atoms with Crippen molar-refractivity contribution in [2.75, 3.05) is 6.54 Å². The van der Waals surface area contributed by atoms with Gasteiger partial charge in [0.25, 0.3) is 5.91 Å². The van der Waals surface area contributed by atoms with Crippen LogP contribution in [0.4, 0.5) is 0 Å². The van der Waals surface area contributed by atoms with E-state index in [0.29, 0.717) is 18.0 Å². The van der Waals surface area contributed by atoms with Crippen molar-refractivity contribution in [2.45, 2.75) is 13.8 Å². The summed E-state index contributed by atoms with van der Waals surface area (Å²) in [6, 6.07) is 15.4. The summed E-state index contributed by atoms with van der Waals surface area (Å²) >= 11 is 0. The number of aromatic nitrogens is 2. The van der Waals surface area contributed by atoms with Gasteiger partial charge in [-0.1, -0.05) is 38.1 Å². The fraction of sp³-hybridized carbons (Fsp3) is 0.222. The van der Waals surface area contributed by atoms with Gasteiger partial charge in [-0.25, -0.2) is 4.98 Å². The SMILES string of the molecule is CC(C)CNC(=O)c1ccc(-c2nc3ccccc3[nH]2)cc1. The lowest BCUT2D eigenvalue weighted by Crippen LogP contribution is -2.27. The summed E-state index contributed by atoms with van der Waals surface area (Å²) in [4.78, 5) is 19.9. The second-order valence-electron chi connectivity index (χ2n) is 5.78. The number of H-pyrrole nitrogens is 1. The fourth-order valence-electron chi connectivity index (χ4n) is 2.27. The highest BCUT2D eigenvalue weighted by molar-refractivity contribution is 5.94. The molecule has 1 amide bonds. The van der Waals surface area contributed by atoms with E-state index in [1.54, 1.807) is 0 Å². The zero-order chi connectivity index (χ0) is 15.5. The van der Waals surface area contributed by atoms with Gasteiger partial charge in [0.15, 0.2) is 0 Å². The van der Waals surface area contributed by atoms with Crippen molar-refractivity contribution in [3.63, 3.8) is 0 Å². The molecule has 3 aromatic rings. The molecule has 4 nitrogen and oxygen atoms in total. The van der Waals surface area contributed by atoms with Crippen molar-refractivity contribution in [1.82, 2.24) is 15.3 Å². The first-order chi connectivity index (χ1) is 10.6. The van der Waals surface area contributed by atoms with E-state index >= 15 is 0 Å². The minimum absolute atomic E-state index is 0.0372. The van der Waals surface area contributed by atoms with Crippen molar-refractivity contribution < 1.29 is 4.79 Å². The Balaban J connectivity index is 1.80. The number of para-hydroxylation sites is 2. The lowest BCUT2D eigenvalue weighted by Gasteiger charge is -2.07. The molecule has 22 heavy (non-hydrogen) atoms. The van der Waals surface area contributed by atoms with Gasteiger partial charge >= 0.3 is 0 Å². The Labute approximate surface area is 129 Å². The number of fused-ring (bicyclic) bond motifs is 1. The normalized spacial score (nSPS) is 11.0. The van der Waals surface area contributed by atoms with Gasteiger partial charge in [0.1, 0.15) is 5.82 Å². The van der Waals surface area contributed by atoms with E-state index in [9.17, 15) is 4.79 Å². The van der Waals surface area contributed by atoms with Gasteiger partial charge in [-0.15, -0.1) is 0 Å². The molecule has 3 rings (SSSR count). The number of aromatic amines is 1. The number of carbonyl (C=O) groups is 1. The Hall–Kier alpha value is -2.62. The number of imidazole rings is 1. The molecule has 0 fully saturated rings. The lowest BCUT2D eigenvalue weighted by atomic mass is 10.1. The molecule has 0 unspecified atom stereocenters. The maximum Gasteiger partial charge on any atom is 0.251 e. The summed E-state index contributed by atoms with van der Waals surface area (Å²) in [5.74, 6) is 1.22. The Kier molecular flexibility index (Phi) is 3.92. The lowest BCUT2D eigenvalue weighted by molar-refractivity contribution is 0.0949. The number of amides is 1. The number of hydrogen-bond acceptors (Lipinski definition) is 2. The zero-order valence-corrected chi connectivity index (χ0v) is 12.8. The summed E-state index contributed by atoms with van der Waals surface area (Å²) in [5, 5.41) is 2.92. The highest BCUT2D eigenvalue weighted by Crippen LogP contribution is 2.20. The van der Waals surface area contributed by atoms with Gasteiger partial charge in [0, 0.05) is 17.7 Å². The van der Waals surface area contributed by atoms with Crippen molar-refractivity contribution >= 4 is 16.9 Å². The zero-order valence-electron chi connectivity index (χ0n) is 12.8. The summed E-state index contributed by atoms with van der Waals surface area (Å²) in [6.07, 6.45) is 0. The van der Waals surface area contributed by atoms with Crippen LogP contribution >= 0.6 is 0 Å². The first-order valence-electron chi connectivity index (χ1n) is 7.47. The standard InChI is InChI=1S/C18H19N3O/c1-12(2)11-19-18(22)14-9-7-13(8-10-14)17-20-15-5-3-4-6-16(15)21-17/h3-10,12H,11H2,1-2H3,(H,19,22)(H,20,21). The van der Waals surface area contributed by atoms with E-state index in [4.69, 9.17) is 0 Å². The van der Waals surface area contributed by atoms with E-state index in [0.717, 1.165) is 22.4 Å². The molecule has 0 atom stereocenters. The Morgan fingerprint density at radius 2 is 1.86 bits per heavy atom. The molecule has 0 aliphatic heterocycles. The third-order valence-electron chi connectivity index (χ3n) is 3.48. The molecule has 2 N–H and O–H groups in total. The Morgan fingerprint density at radius 1 is 1.14 bits per heavy atom. The third kappa shape index (κ3) is 3.01. The van der Waals surface area contributed by atoms with E-state index < -0.39 is 0 Å². The predicted molar refractivity (Wildman–Crippen MR) is 88.7 cm³/mol. The highest BCUT2D eigenvalue weighted by atomic mass is 16.1. The second-order valence-corrected chi connectivity index (χ2v) is 5.78. The fourth-order valence-corrected chi connectivity index (χ4v) is 2.27. The van der Waals surface area contributed by atoms with Crippen LogP contribution in [0.1, 0.15) is 24.2 Å². The molecular weight excluding hydrogens is 274 g/mol. The van der Waals surface area contributed by atoms with Crippen LogP contribution in [-0.2, 0) is 0 Å². The van der Waals surface area contributed by atoms with Gasteiger partial charge in [-0.3, -0.25) is 4.79 Å². The van der Waals surface area contributed by atoms with Crippen molar-refractivity contribution in [2.24, 2.45) is 5.92 Å². The van der Waals surface area contributed by atoms with Gasteiger partial charge in [0.2, 0.25) is 0 Å². The molecule has 112 valence electrons. The molecule has 0 radical (unpaired) electrons. The number of nitrogens with one attached hydrogen (secondary N) is 2. The van der Waals surface area contributed by atoms with Gasteiger partial charge < -0.3 is 10.3 Å². The van der Waals surface area contributed by atoms with Crippen LogP contribution in [-0.4, -0.2) is 22.4 Å². The van der Waals surface area contributed by atoms with E-state index in [1.807, 2.05) is 48.5 Å². The minimum Gasteiger partial charge on any atom is -0.352 e. The van der Waals surface area contributed by atoms with Crippen LogP contribution < -0.4 is 5.32 Å². The van der Waals surface area contributed by atoms with E-state index in [2.05, 4.69) is 29.1 Å². The molecule has 0 saturated carbocycles. The Morgan fingerprint density at radius 3 is 2.55 bits per heavy atom. The molecule has 0 aliphatic rings. The largest absolute Gasteiger partial charge is 0.352 e. The summed E-state index contributed by atoms with van der Waals surface area (Å²) in [5.41, 5.74) is 3.59. The highest BCUT2D eigenvalue weighted by Gasteiger charge is 2.08. The molecule has 0 bridgehead atoms. The van der Waals surface area contributed by atoms with Gasteiger partial charge in [-0.2, -0.15) is 0 Å². The third-order valence-corrected chi connectivity index (χ3v) is 3.48. The van der Waals surface area contributed by atoms with Crippen molar-refractivity contribution in [1.29, 1.82) is 0 Å². The van der Waals surface area contributed by atoms with Crippen molar-refractivity contribution in [3.8, 4) is 11.4 Å². The number of rotatable bonds is 4. The van der Waals surface area contributed by atoms with Crippen LogP contribution in [0.5, 0.6) is 0 Å². The van der Waals surface area contributed by atoms with Gasteiger partial charge in [0.05, 0.1) is 11.0 Å². The van der Waals surface area contributed by atoms with Crippen LogP contribution in [0.15, 0.2) is 48.5 Å². The molecule has 0 spiro atoms. The van der Waals surface area contributed by atoms with E-state index in [-0.39, 0.29) is 5.91 Å². The summed E-state index contributed by atoms with van der Waals surface area (Å²) in [6.45, 7) is 4.83. The number of benzene rings is 2. The topological polar surface area (TPSA) is 57.8 Å². The Bertz CT molecular complexity index is 754. The maximum atomic E-state index is 12.0. The first-order valence-corrected chi connectivity index (χ1v) is 7.47. The quantitative estimate of drug-likeness (QED) is 0.772. The monoisotopic (exact) mass is 293 g/mol. The van der Waals surface area contributed by atoms with Crippen LogP contribution in [0, 0.1) is 5.92 Å². The minimum atomic E-state index is -0.0372. The van der Waals surface area contributed by atoms with E-state index in [1.165, 1.54) is 0 Å². The van der Waals surface area contributed by atoms with Crippen molar-refractivity contribution in [3.05, 3.63) is 54.1 Å². The molecule has 1 heterocycles. The number of hydrogen-bond donors (Lipinski definition) is 2. The second kappa shape index (κ2) is 6.02. The predicted octanol–water partition coefficient (Wildman–Crippen LogP) is 3.62. The smallest absolute Gasteiger partial charge is 0.251 e. The average molecular weight is 293 g/mol. The summed E-state index contributed by atoms with van der Waals surface area (Å²) < 4.78 is 0. The molecule has 2 aromatic carbocycles. The average Bonchev–Trinajstić information content (AvgIpc) is 2.96. The molecule has 0 saturated heterocycles. The number of carbonyl (C=O) groups excluding carboxylic acids is 1. The summed E-state index contributed by atoms with van der Waals surface area (Å²) in [7, 11) is 0. The molecule has 4 heteroatoms. The molecular formula is C18H19N3O. The van der Waals surface area contributed by atoms with Gasteiger partial charge in [-0.05, 0) is 30.2 Å². The first kappa shape index (κ1) is 14.3. The molecule has 1 aromatic heterocycles. The van der Waals surface area contributed by atoms with Crippen LogP contribution in [0.2, 0.25) is 0 Å².